The molecule has 0 bridgehead atoms. The summed E-state index contributed by atoms with van der Waals surface area (Å²) >= 11 is 0. The fraction of sp³-hybridized carbons (Fsp3) is 0.438. The van der Waals surface area contributed by atoms with Gasteiger partial charge in [-0.05, 0) is 146 Å². The van der Waals surface area contributed by atoms with Gasteiger partial charge >= 0.3 is 12.1 Å². The highest BCUT2D eigenvalue weighted by molar-refractivity contribution is 7.84. The number of esters is 1. The number of hydrogen-bond donors (Lipinski definition) is 3. The van der Waals surface area contributed by atoms with Crippen LogP contribution in [0, 0.1) is 0 Å². The molecule has 0 aliphatic carbocycles. The molecule has 16 heteroatoms. The van der Waals surface area contributed by atoms with Gasteiger partial charge < -0.3 is 32.9 Å². The fourth-order valence-corrected chi connectivity index (χ4v) is 7.93. The lowest BCUT2D eigenvalue weighted by Gasteiger charge is -2.22. The summed E-state index contributed by atoms with van der Waals surface area (Å²) in [6.07, 6.45) is 7.38. The molecule has 6 rings (SSSR count). The van der Waals surface area contributed by atoms with Gasteiger partial charge in [-0.15, -0.1) is 0 Å². The second-order valence-corrected chi connectivity index (χ2v) is 22.4. The number of quaternary nitrogens is 1. The predicted octanol–water partition coefficient (Wildman–Crippen LogP) is 9.66. The summed E-state index contributed by atoms with van der Waals surface area (Å²) in [6, 6.07) is 41.2. The number of alkyl carbamates (subject to hydrolysis) is 1. The number of ketones is 1. The highest BCUT2D eigenvalue weighted by atomic mass is 35.5. The maximum Gasteiger partial charge on any atom is 0.408 e. The second-order valence-electron chi connectivity index (χ2n) is 20.4. The van der Waals surface area contributed by atoms with Gasteiger partial charge in [0, 0.05) is 17.2 Å². The third-order valence-electron chi connectivity index (χ3n) is 12.5. The van der Waals surface area contributed by atoms with Gasteiger partial charge in [-0.3, -0.25) is 4.79 Å². The molecular formula is C64H90ClN7O7S. The van der Waals surface area contributed by atoms with Crippen molar-refractivity contribution in [3.63, 3.8) is 0 Å². The molecular weight excluding hydrogens is 1050 g/mol. The number of amides is 1. The molecule has 0 fully saturated rings. The Bertz CT molecular complexity index is 2740. The summed E-state index contributed by atoms with van der Waals surface area (Å²) in [7, 11) is -1.03. The lowest BCUT2D eigenvalue weighted by molar-refractivity contribution is -0.420. The highest BCUT2D eigenvalue weighted by Gasteiger charge is 2.27. The Hall–Kier alpha value is -6.61. The molecule has 436 valence electrons. The van der Waals surface area contributed by atoms with Crippen molar-refractivity contribution in [2.75, 3.05) is 0 Å². The Labute approximate surface area is 486 Å². The van der Waals surface area contributed by atoms with Gasteiger partial charge in [0.2, 0.25) is 12.2 Å². The SMILES string of the molecule is CCc1ccc(C(C)=O)cc1.CCc1ccc([C@H](C)N=C=O)cc1.CCc1ccc([C@H](C)NC(=O)O[C@H](Cn2cncn2)C(=O)OC(C)C)cc1.CCc1ccc([C@H](C)N[S@@](=O)C(C)(C)C)cc1.CCc1ccc([C@H](C)[NH3+])cc1.[Cl-]. The highest BCUT2D eigenvalue weighted by Crippen LogP contribution is 2.20. The molecule has 1 aromatic heterocycles. The van der Waals surface area contributed by atoms with Crippen molar-refractivity contribution >= 4 is 34.9 Å². The number of Topliss-reactive ketones (excluding diaryl/α,β-unsaturated/α-hetero) is 1. The zero-order valence-electron chi connectivity index (χ0n) is 50.0. The van der Waals surface area contributed by atoms with Crippen LogP contribution < -0.4 is 28.2 Å². The number of benzene rings is 5. The number of aromatic nitrogens is 3. The van der Waals surface area contributed by atoms with Crippen molar-refractivity contribution in [2.24, 2.45) is 4.99 Å². The number of halogens is 1. The maximum atomic E-state index is 12.3. The van der Waals surface area contributed by atoms with E-state index in [1.54, 1.807) is 26.9 Å². The molecule has 0 aliphatic heterocycles. The van der Waals surface area contributed by atoms with Crippen LogP contribution in [0.4, 0.5) is 4.79 Å². The molecule has 6 atom stereocenters. The second kappa shape index (κ2) is 38.1. The van der Waals surface area contributed by atoms with E-state index in [0.29, 0.717) is 6.04 Å². The molecule has 80 heavy (non-hydrogen) atoms. The number of nitrogens with one attached hydrogen (secondary N) is 2. The van der Waals surface area contributed by atoms with Crippen molar-refractivity contribution in [1.82, 2.24) is 24.8 Å². The minimum absolute atomic E-state index is 0. The van der Waals surface area contributed by atoms with Gasteiger partial charge in [0.15, 0.2) is 5.78 Å². The zero-order valence-corrected chi connectivity index (χ0v) is 51.6. The molecule has 5 N–H and O–H groups in total. The molecule has 6 aromatic rings. The number of nitrogens with zero attached hydrogens (tertiary/aromatic N) is 4. The first kappa shape index (κ1) is 71.4. The third-order valence-corrected chi connectivity index (χ3v) is 14.2. The minimum Gasteiger partial charge on any atom is -1.00 e. The van der Waals surface area contributed by atoms with Crippen molar-refractivity contribution in [1.29, 1.82) is 0 Å². The van der Waals surface area contributed by atoms with E-state index >= 15 is 0 Å². The standard InChI is InChI=1S/C19H26N4O4.C14H23NOS.C11H13NO.C10H15N.C10H12O.ClH/c1-5-15-6-8-16(9-7-15)14(4)22-19(25)27-17(18(24)26-13(2)3)10-23-12-20-11-21-23;1-6-12-7-9-13(10-8-12)11(2)15-17(16)14(3,4)5;1-3-10-4-6-11(7-5-10)9(2)12-8-13;2*1-3-9-4-6-10(7-5-9)8(2)11;/h6-9,11-14,17H,5,10H2,1-4H3,(H,22,25);7-11,15H,6H2,1-5H3;4-7,9H,3H2,1-2H3;4-8H,3,11H2,1-2H3;4-7H,3H2,1-2H3;1H/t14-,17+;11-,17-;9-;8-;;/m0000../s1. The summed E-state index contributed by atoms with van der Waals surface area (Å²) in [6.45, 7) is 29.5. The number of hydrogen-bond acceptors (Lipinski definition) is 10. The van der Waals surface area contributed by atoms with E-state index in [0.717, 1.165) is 48.8 Å². The Balaban J connectivity index is 0.000000524. The smallest absolute Gasteiger partial charge is 0.408 e. The van der Waals surface area contributed by atoms with Gasteiger partial charge in [-0.2, -0.15) is 10.1 Å². The molecule has 1 heterocycles. The summed E-state index contributed by atoms with van der Waals surface area (Å²) in [4.78, 5) is 52.9. The molecule has 14 nitrogen and oxygen atoms in total. The van der Waals surface area contributed by atoms with Crippen LogP contribution in [0.5, 0.6) is 0 Å². The topological polar surface area (TPSA) is 199 Å². The number of aryl methyl sites for hydroxylation is 5. The Kier molecular flexibility index (Phi) is 34.0. The number of rotatable bonds is 19. The van der Waals surface area contributed by atoms with Crippen LogP contribution in [0.2, 0.25) is 0 Å². The van der Waals surface area contributed by atoms with Gasteiger partial charge in [0.25, 0.3) is 0 Å². The van der Waals surface area contributed by atoms with Crippen LogP contribution in [0.15, 0.2) is 139 Å². The van der Waals surface area contributed by atoms with Crippen LogP contribution in [-0.4, -0.2) is 59.9 Å². The van der Waals surface area contributed by atoms with Crippen molar-refractivity contribution < 1.29 is 51.0 Å². The van der Waals surface area contributed by atoms with Gasteiger partial charge in [-0.1, -0.05) is 156 Å². The van der Waals surface area contributed by atoms with Gasteiger partial charge in [-0.25, -0.2) is 33.0 Å². The lowest BCUT2D eigenvalue weighted by Crippen LogP contribution is -3.00. The number of ether oxygens (including phenoxy) is 2. The zero-order chi connectivity index (χ0) is 59.1. The first-order valence-electron chi connectivity index (χ1n) is 27.5. The lowest BCUT2D eigenvalue weighted by atomic mass is 10.1. The van der Waals surface area contributed by atoms with Gasteiger partial charge in [0.05, 0.1) is 40.5 Å². The minimum atomic E-state index is -1.12. The monoisotopic (exact) mass is 1140 g/mol. The van der Waals surface area contributed by atoms with E-state index in [4.69, 9.17) is 9.47 Å². The molecule has 0 spiro atoms. The third kappa shape index (κ3) is 27.5. The molecule has 0 saturated heterocycles. The molecule has 0 radical (unpaired) electrons. The summed E-state index contributed by atoms with van der Waals surface area (Å²) < 4.78 is 26.8. The molecule has 0 saturated carbocycles. The van der Waals surface area contributed by atoms with Crippen molar-refractivity contribution in [3.8, 4) is 0 Å². The van der Waals surface area contributed by atoms with E-state index in [1.807, 2.05) is 102 Å². The van der Waals surface area contributed by atoms with Crippen LogP contribution in [0.1, 0.15) is 188 Å². The Morgan fingerprint density at radius 3 is 1.39 bits per heavy atom. The summed E-state index contributed by atoms with van der Waals surface area (Å²) in [5.41, 5.74) is 15.8. The van der Waals surface area contributed by atoms with E-state index in [1.165, 1.54) is 56.3 Å². The fourth-order valence-electron chi connectivity index (χ4n) is 7.12. The van der Waals surface area contributed by atoms with E-state index < -0.39 is 29.2 Å². The average Bonchev–Trinajstić information content (AvgIpc) is 3.96. The molecule has 0 unspecified atom stereocenters. The van der Waals surface area contributed by atoms with Crippen LogP contribution in [0.3, 0.4) is 0 Å². The van der Waals surface area contributed by atoms with Crippen LogP contribution in [-0.2, 0) is 68.7 Å². The van der Waals surface area contributed by atoms with Crippen molar-refractivity contribution in [3.05, 3.63) is 190 Å². The average molecular weight is 1140 g/mol. The first-order chi connectivity index (χ1) is 37.5. The quantitative estimate of drug-likeness (QED) is 0.0306. The summed E-state index contributed by atoms with van der Waals surface area (Å²) in [5, 5.41) is 6.67. The number of isocyanates is 1. The van der Waals surface area contributed by atoms with Crippen LogP contribution >= 0.6 is 0 Å². The Morgan fingerprint density at radius 1 is 0.637 bits per heavy atom. The largest absolute Gasteiger partial charge is 1.00 e. The normalized spacial score (nSPS) is 12.8. The van der Waals surface area contributed by atoms with Crippen molar-refractivity contribution in [2.45, 2.75) is 184 Å². The van der Waals surface area contributed by atoms with E-state index in [-0.39, 0.29) is 53.7 Å². The van der Waals surface area contributed by atoms with E-state index in [9.17, 15) is 23.4 Å². The summed E-state index contributed by atoms with van der Waals surface area (Å²) in [5.74, 6) is -0.497. The number of aliphatic imine (C=N–C) groups is 1. The molecule has 0 aliphatic rings. The first-order valence-corrected chi connectivity index (χ1v) is 28.7. The maximum absolute atomic E-state index is 12.3. The molecule has 5 aromatic carbocycles. The van der Waals surface area contributed by atoms with Crippen LogP contribution in [0.25, 0.3) is 0 Å². The van der Waals surface area contributed by atoms with E-state index in [2.05, 4.69) is 133 Å². The number of carbonyl (C=O) groups is 3. The predicted molar refractivity (Wildman–Crippen MR) is 319 cm³/mol. The molecule has 1 amide bonds. The van der Waals surface area contributed by atoms with Gasteiger partial charge in [0.1, 0.15) is 18.7 Å². The Morgan fingerprint density at radius 2 is 1.04 bits per heavy atom. The number of carbonyl (C=O) groups excluding carboxylic acids is 4.